The molecule has 4 nitrogen and oxygen atoms in total. The lowest BCUT2D eigenvalue weighted by Crippen LogP contribution is -2.37. The molecule has 1 rings (SSSR count). The van der Waals surface area contributed by atoms with Crippen LogP contribution in [0, 0.1) is 19.3 Å². The molecule has 0 saturated carbocycles. The summed E-state index contributed by atoms with van der Waals surface area (Å²) in [6.45, 7) is 9.77. The molecule has 0 amide bonds. The van der Waals surface area contributed by atoms with Crippen molar-refractivity contribution >= 4 is 5.82 Å². The molecule has 0 fully saturated rings. The van der Waals surface area contributed by atoms with Gasteiger partial charge in [0, 0.05) is 25.4 Å². The molecule has 0 saturated heterocycles. The standard InChI is InChI=1S/C12H22N4/c1-9-6-11(15-10(2)14-9)16(5)8-12(3,4)7-13/h6H,7-8,13H2,1-5H3. The van der Waals surface area contributed by atoms with E-state index in [1.54, 1.807) is 0 Å². The van der Waals surface area contributed by atoms with Crippen LogP contribution in [0.15, 0.2) is 6.07 Å². The van der Waals surface area contributed by atoms with Crippen molar-refractivity contribution in [1.82, 2.24) is 9.97 Å². The molecule has 1 aromatic rings. The van der Waals surface area contributed by atoms with Gasteiger partial charge in [-0.2, -0.15) is 0 Å². The predicted molar refractivity (Wildman–Crippen MR) is 67.6 cm³/mol. The largest absolute Gasteiger partial charge is 0.359 e. The van der Waals surface area contributed by atoms with E-state index in [1.807, 2.05) is 27.0 Å². The number of rotatable bonds is 4. The third kappa shape index (κ3) is 3.45. The summed E-state index contributed by atoms with van der Waals surface area (Å²) in [4.78, 5) is 10.8. The van der Waals surface area contributed by atoms with Crippen molar-refractivity contribution in [1.29, 1.82) is 0 Å². The van der Waals surface area contributed by atoms with Crippen LogP contribution in [-0.4, -0.2) is 30.1 Å². The van der Waals surface area contributed by atoms with E-state index in [9.17, 15) is 0 Å². The van der Waals surface area contributed by atoms with Crippen LogP contribution in [0.5, 0.6) is 0 Å². The summed E-state index contributed by atoms with van der Waals surface area (Å²) in [5.74, 6) is 1.78. The fourth-order valence-electron chi connectivity index (χ4n) is 1.68. The zero-order valence-electron chi connectivity index (χ0n) is 10.9. The molecule has 0 aromatic carbocycles. The van der Waals surface area contributed by atoms with Crippen LogP contribution < -0.4 is 10.6 Å². The monoisotopic (exact) mass is 222 g/mol. The van der Waals surface area contributed by atoms with Gasteiger partial charge in [-0.1, -0.05) is 13.8 Å². The molecule has 16 heavy (non-hydrogen) atoms. The lowest BCUT2D eigenvalue weighted by atomic mass is 9.93. The number of anilines is 1. The van der Waals surface area contributed by atoms with E-state index in [-0.39, 0.29) is 5.41 Å². The van der Waals surface area contributed by atoms with Gasteiger partial charge in [0.1, 0.15) is 11.6 Å². The topological polar surface area (TPSA) is 55.0 Å². The normalized spacial score (nSPS) is 11.6. The van der Waals surface area contributed by atoms with Gasteiger partial charge < -0.3 is 10.6 Å². The molecule has 0 unspecified atom stereocenters. The molecule has 0 spiro atoms. The molecule has 0 bridgehead atoms. The van der Waals surface area contributed by atoms with Crippen LogP contribution in [0.25, 0.3) is 0 Å². The van der Waals surface area contributed by atoms with Crippen molar-refractivity contribution in [3.8, 4) is 0 Å². The molecule has 2 N–H and O–H groups in total. The molecule has 0 aliphatic carbocycles. The average Bonchev–Trinajstić information content (AvgIpc) is 2.15. The van der Waals surface area contributed by atoms with E-state index in [0.717, 1.165) is 23.9 Å². The number of nitrogens with two attached hydrogens (primary N) is 1. The van der Waals surface area contributed by atoms with Crippen molar-refractivity contribution in [2.24, 2.45) is 11.1 Å². The molecule has 1 aromatic heterocycles. The lowest BCUT2D eigenvalue weighted by molar-refractivity contribution is 0.384. The first kappa shape index (κ1) is 12.9. The Kier molecular flexibility index (Phi) is 3.86. The van der Waals surface area contributed by atoms with Gasteiger partial charge in [-0.25, -0.2) is 9.97 Å². The Hall–Kier alpha value is -1.16. The van der Waals surface area contributed by atoms with E-state index < -0.39 is 0 Å². The fourth-order valence-corrected chi connectivity index (χ4v) is 1.68. The maximum absolute atomic E-state index is 5.73. The highest BCUT2D eigenvalue weighted by Gasteiger charge is 2.19. The van der Waals surface area contributed by atoms with Gasteiger partial charge in [0.05, 0.1) is 0 Å². The van der Waals surface area contributed by atoms with Crippen LogP contribution >= 0.6 is 0 Å². The molecule has 4 heteroatoms. The summed E-state index contributed by atoms with van der Waals surface area (Å²) >= 11 is 0. The van der Waals surface area contributed by atoms with E-state index in [4.69, 9.17) is 5.73 Å². The van der Waals surface area contributed by atoms with Crippen LogP contribution in [0.4, 0.5) is 5.82 Å². The Bertz CT molecular complexity index is 340. The van der Waals surface area contributed by atoms with Crippen LogP contribution in [0.3, 0.4) is 0 Å². The van der Waals surface area contributed by atoms with Gasteiger partial charge in [-0.15, -0.1) is 0 Å². The SMILES string of the molecule is Cc1cc(N(C)CC(C)(C)CN)nc(C)n1. The zero-order chi connectivity index (χ0) is 12.3. The Morgan fingerprint density at radius 2 is 1.94 bits per heavy atom. The minimum absolute atomic E-state index is 0.0987. The third-order valence-electron chi connectivity index (χ3n) is 2.56. The van der Waals surface area contributed by atoms with Crippen LogP contribution in [0.2, 0.25) is 0 Å². The molecule has 1 heterocycles. The number of hydrogen-bond donors (Lipinski definition) is 1. The molecule has 90 valence electrons. The molecule has 0 atom stereocenters. The second kappa shape index (κ2) is 4.78. The Morgan fingerprint density at radius 3 is 2.44 bits per heavy atom. The molecule has 0 aliphatic rings. The zero-order valence-corrected chi connectivity index (χ0v) is 10.9. The highest BCUT2D eigenvalue weighted by Crippen LogP contribution is 2.18. The van der Waals surface area contributed by atoms with E-state index in [2.05, 4.69) is 28.7 Å². The van der Waals surface area contributed by atoms with Crippen LogP contribution in [0.1, 0.15) is 25.4 Å². The van der Waals surface area contributed by atoms with Crippen molar-refractivity contribution in [2.75, 3.05) is 25.0 Å². The predicted octanol–water partition coefficient (Wildman–Crippen LogP) is 1.51. The second-order valence-corrected chi connectivity index (χ2v) is 5.14. The number of nitrogens with zero attached hydrogens (tertiary/aromatic N) is 3. The van der Waals surface area contributed by atoms with Gasteiger partial charge in [-0.3, -0.25) is 0 Å². The second-order valence-electron chi connectivity index (χ2n) is 5.14. The number of aryl methyl sites for hydroxylation is 2. The van der Waals surface area contributed by atoms with Crippen LogP contribution in [-0.2, 0) is 0 Å². The minimum Gasteiger partial charge on any atom is -0.359 e. The van der Waals surface area contributed by atoms with Gasteiger partial charge in [0.2, 0.25) is 0 Å². The lowest BCUT2D eigenvalue weighted by Gasteiger charge is -2.29. The highest BCUT2D eigenvalue weighted by atomic mass is 15.2. The first-order chi connectivity index (χ1) is 7.34. The van der Waals surface area contributed by atoms with Crippen molar-refractivity contribution in [2.45, 2.75) is 27.7 Å². The maximum atomic E-state index is 5.73. The van der Waals surface area contributed by atoms with E-state index >= 15 is 0 Å². The Balaban J connectivity index is 2.84. The van der Waals surface area contributed by atoms with Gasteiger partial charge >= 0.3 is 0 Å². The molecular formula is C12H22N4. The maximum Gasteiger partial charge on any atom is 0.132 e. The van der Waals surface area contributed by atoms with Crippen molar-refractivity contribution in [3.63, 3.8) is 0 Å². The van der Waals surface area contributed by atoms with Gasteiger partial charge in [-0.05, 0) is 25.8 Å². The summed E-state index contributed by atoms with van der Waals surface area (Å²) in [7, 11) is 2.04. The molecule has 0 aliphatic heterocycles. The Labute approximate surface area is 97.9 Å². The van der Waals surface area contributed by atoms with Crippen molar-refractivity contribution < 1.29 is 0 Å². The quantitative estimate of drug-likeness (QED) is 0.839. The first-order valence-corrected chi connectivity index (χ1v) is 5.57. The van der Waals surface area contributed by atoms with Gasteiger partial charge in [0.25, 0.3) is 0 Å². The van der Waals surface area contributed by atoms with E-state index in [1.165, 1.54) is 0 Å². The third-order valence-corrected chi connectivity index (χ3v) is 2.56. The van der Waals surface area contributed by atoms with E-state index in [0.29, 0.717) is 6.54 Å². The van der Waals surface area contributed by atoms with Crippen molar-refractivity contribution in [3.05, 3.63) is 17.6 Å². The number of hydrogen-bond acceptors (Lipinski definition) is 4. The summed E-state index contributed by atoms with van der Waals surface area (Å²) in [6, 6.07) is 2.00. The smallest absolute Gasteiger partial charge is 0.132 e. The summed E-state index contributed by atoms with van der Waals surface area (Å²) < 4.78 is 0. The average molecular weight is 222 g/mol. The minimum atomic E-state index is 0.0987. The first-order valence-electron chi connectivity index (χ1n) is 5.57. The summed E-state index contributed by atoms with van der Waals surface area (Å²) in [5, 5.41) is 0. The molecular weight excluding hydrogens is 200 g/mol. The molecule has 0 radical (unpaired) electrons. The number of aromatic nitrogens is 2. The Morgan fingerprint density at radius 1 is 1.31 bits per heavy atom. The summed E-state index contributed by atoms with van der Waals surface area (Å²) in [5.41, 5.74) is 6.83. The van der Waals surface area contributed by atoms with Gasteiger partial charge in [0.15, 0.2) is 0 Å². The summed E-state index contributed by atoms with van der Waals surface area (Å²) in [6.07, 6.45) is 0. The fraction of sp³-hybridized carbons (Fsp3) is 0.667. The highest BCUT2D eigenvalue weighted by molar-refractivity contribution is 5.38.